The van der Waals surface area contributed by atoms with E-state index in [-0.39, 0.29) is 19.9 Å². The molecule has 27 heavy (non-hydrogen) atoms. The molecule has 1 aliphatic rings. The SMILES string of the molecule is CSc1ccc(C(O)CNC(=O)C(=O)NCc2ccc3c(c2)OCO3)cc1. The molecule has 2 amide bonds. The van der Waals surface area contributed by atoms with Crippen LogP contribution in [0.4, 0.5) is 0 Å². The van der Waals surface area contributed by atoms with Gasteiger partial charge in [0.2, 0.25) is 6.79 Å². The zero-order chi connectivity index (χ0) is 19.2. The Morgan fingerprint density at radius 2 is 1.78 bits per heavy atom. The summed E-state index contributed by atoms with van der Waals surface area (Å²) in [6.07, 6.45) is 1.08. The first kappa shape index (κ1) is 19.1. The van der Waals surface area contributed by atoms with E-state index in [0.29, 0.717) is 17.1 Å². The first-order chi connectivity index (χ1) is 13.1. The third-order valence-corrected chi connectivity index (χ3v) is 4.80. The smallest absolute Gasteiger partial charge is 0.309 e. The monoisotopic (exact) mass is 388 g/mol. The van der Waals surface area contributed by atoms with Crippen LogP contribution in [0.15, 0.2) is 47.4 Å². The van der Waals surface area contributed by atoms with Crippen molar-refractivity contribution in [1.82, 2.24) is 10.6 Å². The Hall–Kier alpha value is -2.71. The van der Waals surface area contributed by atoms with Gasteiger partial charge in [-0.25, -0.2) is 0 Å². The molecule has 0 aliphatic carbocycles. The Kier molecular flexibility index (Phi) is 6.20. The fourth-order valence-corrected chi connectivity index (χ4v) is 2.94. The first-order valence-corrected chi connectivity index (χ1v) is 9.56. The minimum Gasteiger partial charge on any atom is -0.454 e. The number of benzene rings is 2. The van der Waals surface area contributed by atoms with Gasteiger partial charge in [-0.15, -0.1) is 11.8 Å². The molecule has 7 nitrogen and oxygen atoms in total. The summed E-state index contributed by atoms with van der Waals surface area (Å²) in [6, 6.07) is 12.7. The third-order valence-electron chi connectivity index (χ3n) is 4.05. The molecule has 0 saturated heterocycles. The maximum atomic E-state index is 11.9. The fraction of sp³-hybridized carbons (Fsp3) is 0.263. The summed E-state index contributed by atoms with van der Waals surface area (Å²) in [5.74, 6) is -0.294. The van der Waals surface area contributed by atoms with Gasteiger partial charge >= 0.3 is 11.8 Å². The van der Waals surface area contributed by atoms with Crippen molar-refractivity contribution in [2.45, 2.75) is 17.5 Å². The highest BCUT2D eigenvalue weighted by atomic mass is 32.2. The Morgan fingerprint density at radius 3 is 2.52 bits per heavy atom. The molecule has 0 aromatic heterocycles. The van der Waals surface area contributed by atoms with Crippen LogP contribution in [0.25, 0.3) is 0 Å². The van der Waals surface area contributed by atoms with E-state index >= 15 is 0 Å². The maximum Gasteiger partial charge on any atom is 0.309 e. The zero-order valence-electron chi connectivity index (χ0n) is 14.7. The second kappa shape index (κ2) is 8.79. The molecule has 2 aromatic rings. The Labute approximate surface area is 161 Å². The van der Waals surface area contributed by atoms with Crippen molar-refractivity contribution in [3.63, 3.8) is 0 Å². The lowest BCUT2D eigenvalue weighted by molar-refractivity contribution is -0.139. The largest absolute Gasteiger partial charge is 0.454 e. The number of rotatable bonds is 6. The van der Waals surface area contributed by atoms with Gasteiger partial charge in [0.25, 0.3) is 0 Å². The van der Waals surface area contributed by atoms with E-state index < -0.39 is 17.9 Å². The molecule has 2 aromatic carbocycles. The van der Waals surface area contributed by atoms with Crippen LogP contribution in [0.1, 0.15) is 17.2 Å². The summed E-state index contributed by atoms with van der Waals surface area (Å²) in [6.45, 7) is 0.312. The van der Waals surface area contributed by atoms with Crippen molar-refractivity contribution in [3.05, 3.63) is 53.6 Å². The van der Waals surface area contributed by atoms with Crippen LogP contribution in [-0.2, 0) is 16.1 Å². The average molecular weight is 388 g/mol. The number of aliphatic hydroxyl groups is 1. The number of fused-ring (bicyclic) bond motifs is 1. The number of amides is 2. The average Bonchev–Trinajstić information content (AvgIpc) is 3.17. The lowest BCUT2D eigenvalue weighted by atomic mass is 10.1. The van der Waals surface area contributed by atoms with Gasteiger partial charge in [0.1, 0.15) is 0 Å². The molecule has 142 valence electrons. The Balaban J connectivity index is 1.45. The molecule has 1 unspecified atom stereocenters. The molecule has 8 heteroatoms. The molecule has 3 rings (SSSR count). The van der Waals surface area contributed by atoms with E-state index in [1.807, 2.05) is 18.4 Å². The predicted octanol–water partition coefficient (Wildman–Crippen LogP) is 1.60. The normalized spacial score (nSPS) is 13.1. The molecule has 3 N–H and O–H groups in total. The maximum absolute atomic E-state index is 11.9. The highest BCUT2D eigenvalue weighted by molar-refractivity contribution is 7.98. The van der Waals surface area contributed by atoms with Crippen molar-refractivity contribution in [2.75, 3.05) is 19.6 Å². The molecule has 0 fully saturated rings. The minimum atomic E-state index is -0.883. The van der Waals surface area contributed by atoms with E-state index in [4.69, 9.17) is 9.47 Å². The second-order valence-corrected chi connectivity index (χ2v) is 6.75. The van der Waals surface area contributed by atoms with Crippen LogP contribution >= 0.6 is 11.8 Å². The number of aliphatic hydroxyl groups excluding tert-OH is 1. The standard InChI is InChI=1S/C19H20N2O5S/c1-27-14-5-3-13(4-6-14)15(22)10-21-19(24)18(23)20-9-12-2-7-16-17(8-12)26-11-25-16/h2-8,15,22H,9-11H2,1H3,(H,20,23)(H,21,24). The van der Waals surface area contributed by atoms with E-state index in [1.165, 1.54) is 0 Å². The van der Waals surface area contributed by atoms with Gasteiger partial charge in [0.15, 0.2) is 11.5 Å². The molecule has 1 heterocycles. The summed E-state index contributed by atoms with van der Waals surface area (Å²) in [7, 11) is 0. The lowest BCUT2D eigenvalue weighted by Gasteiger charge is -2.13. The van der Waals surface area contributed by atoms with Gasteiger partial charge in [-0.05, 0) is 41.6 Å². The van der Waals surface area contributed by atoms with Gasteiger partial charge in [0, 0.05) is 18.0 Å². The predicted molar refractivity (Wildman–Crippen MR) is 101 cm³/mol. The van der Waals surface area contributed by atoms with Gasteiger partial charge < -0.3 is 25.2 Å². The summed E-state index contributed by atoms with van der Waals surface area (Å²) in [5, 5.41) is 15.1. The number of carbonyl (C=O) groups is 2. The van der Waals surface area contributed by atoms with Crippen LogP contribution < -0.4 is 20.1 Å². The highest BCUT2D eigenvalue weighted by Crippen LogP contribution is 2.32. The van der Waals surface area contributed by atoms with Crippen LogP contribution in [0.2, 0.25) is 0 Å². The van der Waals surface area contributed by atoms with Crippen molar-refractivity contribution in [1.29, 1.82) is 0 Å². The van der Waals surface area contributed by atoms with Crippen molar-refractivity contribution >= 4 is 23.6 Å². The van der Waals surface area contributed by atoms with Crippen LogP contribution in [0.5, 0.6) is 11.5 Å². The number of hydrogen-bond donors (Lipinski definition) is 3. The molecule has 1 atom stereocenters. The van der Waals surface area contributed by atoms with Gasteiger partial charge in [0.05, 0.1) is 6.10 Å². The van der Waals surface area contributed by atoms with E-state index in [2.05, 4.69) is 10.6 Å². The minimum absolute atomic E-state index is 0.0467. The number of ether oxygens (including phenoxy) is 2. The van der Waals surface area contributed by atoms with E-state index in [9.17, 15) is 14.7 Å². The summed E-state index contributed by atoms with van der Waals surface area (Å²) < 4.78 is 10.5. The van der Waals surface area contributed by atoms with Crippen LogP contribution in [0.3, 0.4) is 0 Å². The quantitative estimate of drug-likeness (QED) is 0.514. The van der Waals surface area contributed by atoms with Crippen molar-refractivity contribution < 1.29 is 24.2 Å². The number of carbonyl (C=O) groups excluding carboxylic acids is 2. The summed E-state index contributed by atoms with van der Waals surface area (Å²) in [5.41, 5.74) is 1.46. The number of nitrogens with one attached hydrogen (secondary N) is 2. The summed E-state index contributed by atoms with van der Waals surface area (Å²) in [4.78, 5) is 24.9. The molecular formula is C19H20N2O5S. The van der Waals surface area contributed by atoms with Gasteiger partial charge in [-0.2, -0.15) is 0 Å². The van der Waals surface area contributed by atoms with Crippen molar-refractivity contribution in [2.24, 2.45) is 0 Å². The fourth-order valence-electron chi connectivity index (χ4n) is 2.53. The molecule has 1 aliphatic heterocycles. The third kappa shape index (κ3) is 4.93. The van der Waals surface area contributed by atoms with Crippen LogP contribution in [0, 0.1) is 0 Å². The molecule has 0 spiro atoms. The molecule has 0 saturated carbocycles. The lowest BCUT2D eigenvalue weighted by Crippen LogP contribution is -2.41. The molecule has 0 bridgehead atoms. The number of thioether (sulfide) groups is 1. The topological polar surface area (TPSA) is 96.9 Å². The van der Waals surface area contributed by atoms with Crippen molar-refractivity contribution in [3.8, 4) is 11.5 Å². The van der Waals surface area contributed by atoms with Crippen LogP contribution in [-0.4, -0.2) is 36.5 Å². The summed E-state index contributed by atoms with van der Waals surface area (Å²) >= 11 is 1.60. The molecule has 0 radical (unpaired) electrons. The van der Waals surface area contributed by atoms with Gasteiger partial charge in [-0.3, -0.25) is 9.59 Å². The highest BCUT2D eigenvalue weighted by Gasteiger charge is 2.17. The Bertz CT molecular complexity index is 825. The molecular weight excluding hydrogens is 368 g/mol. The second-order valence-electron chi connectivity index (χ2n) is 5.87. The zero-order valence-corrected chi connectivity index (χ0v) is 15.5. The first-order valence-electron chi connectivity index (χ1n) is 8.33. The van der Waals surface area contributed by atoms with E-state index in [1.54, 1.807) is 42.1 Å². The number of hydrogen-bond acceptors (Lipinski definition) is 6. The Morgan fingerprint density at radius 1 is 1.07 bits per heavy atom. The van der Waals surface area contributed by atoms with E-state index in [0.717, 1.165) is 10.5 Å². The van der Waals surface area contributed by atoms with Gasteiger partial charge in [-0.1, -0.05) is 18.2 Å².